The lowest BCUT2D eigenvalue weighted by Gasteiger charge is -2.11. The second-order valence-electron chi connectivity index (χ2n) is 4.83. The predicted molar refractivity (Wildman–Crippen MR) is 72.5 cm³/mol. The van der Waals surface area contributed by atoms with Crippen molar-refractivity contribution in [2.45, 2.75) is 25.2 Å². The molecule has 0 radical (unpaired) electrons. The highest BCUT2D eigenvalue weighted by atomic mass is 19.4. The Hall–Kier alpha value is -2.42. The Balaban J connectivity index is 1.95. The van der Waals surface area contributed by atoms with E-state index in [9.17, 15) is 23.1 Å². The molecule has 0 aliphatic heterocycles. The van der Waals surface area contributed by atoms with Crippen LogP contribution in [-0.4, -0.2) is 39.1 Å². The van der Waals surface area contributed by atoms with Crippen LogP contribution in [0.1, 0.15) is 21.7 Å². The summed E-state index contributed by atoms with van der Waals surface area (Å²) >= 11 is 0. The van der Waals surface area contributed by atoms with Crippen molar-refractivity contribution >= 4 is 5.97 Å². The molecule has 1 aromatic heterocycles. The number of halogens is 3. The van der Waals surface area contributed by atoms with Gasteiger partial charge in [-0.2, -0.15) is 13.2 Å². The van der Waals surface area contributed by atoms with Crippen LogP contribution in [0, 0.1) is 0 Å². The van der Waals surface area contributed by atoms with Crippen LogP contribution in [0.25, 0.3) is 0 Å². The minimum absolute atomic E-state index is 0.0466. The van der Waals surface area contributed by atoms with Crippen molar-refractivity contribution in [3.05, 3.63) is 47.5 Å². The van der Waals surface area contributed by atoms with E-state index in [2.05, 4.69) is 14.8 Å². The summed E-state index contributed by atoms with van der Waals surface area (Å²) in [5.74, 6) is -0.824. The van der Waals surface area contributed by atoms with Gasteiger partial charge in [-0.1, -0.05) is 12.1 Å². The van der Waals surface area contributed by atoms with Crippen LogP contribution in [0.15, 0.2) is 30.6 Å². The van der Waals surface area contributed by atoms with Gasteiger partial charge in [0.05, 0.1) is 25.3 Å². The third-order valence-corrected chi connectivity index (χ3v) is 3.05. The molecule has 1 heterocycles. The number of hydrogen-bond acceptors (Lipinski definition) is 5. The van der Waals surface area contributed by atoms with Crippen LogP contribution in [0.5, 0.6) is 0 Å². The Morgan fingerprint density at radius 2 is 2.00 bits per heavy atom. The maximum absolute atomic E-state index is 12.5. The largest absolute Gasteiger partial charge is 0.463 e. The summed E-state index contributed by atoms with van der Waals surface area (Å²) in [4.78, 5) is 14.9. The molecule has 9 heteroatoms. The van der Waals surface area contributed by atoms with Crippen LogP contribution in [0.3, 0.4) is 0 Å². The average molecular weight is 329 g/mol. The molecular formula is C14H14F3N3O3. The first kappa shape index (κ1) is 16.9. The van der Waals surface area contributed by atoms with E-state index in [1.165, 1.54) is 30.3 Å². The number of alkyl halides is 3. The SMILES string of the molecule is COC(=O)c1ncn(CC(O)Cc2ccc(C(F)(F)F)cc2)n1. The number of aliphatic hydroxyl groups is 1. The minimum Gasteiger partial charge on any atom is -0.463 e. The molecule has 2 aromatic rings. The van der Waals surface area contributed by atoms with Crippen molar-refractivity contribution in [2.24, 2.45) is 0 Å². The Kier molecular flexibility index (Phi) is 4.99. The third-order valence-electron chi connectivity index (χ3n) is 3.05. The summed E-state index contributed by atoms with van der Waals surface area (Å²) in [5.41, 5.74) is -0.187. The first-order valence-electron chi connectivity index (χ1n) is 6.61. The highest BCUT2D eigenvalue weighted by Crippen LogP contribution is 2.29. The standard InChI is InChI=1S/C14H14F3N3O3/c1-23-13(22)12-18-8-20(19-12)7-11(21)6-9-2-4-10(5-3-9)14(15,16)17/h2-5,8,11,21H,6-7H2,1H3. The van der Waals surface area contributed by atoms with Crippen LogP contribution >= 0.6 is 0 Å². The van der Waals surface area contributed by atoms with Gasteiger partial charge in [-0.3, -0.25) is 0 Å². The molecule has 0 saturated heterocycles. The minimum atomic E-state index is -4.39. The summed E-state index contributed by atoms with van der Waals surface area (Å²) < 4.78 is 43.1. The molecule has 1 atom stereocenters. The van der Waals surface area contributed by atoms with Gasteiger partial charge >= 0.3 is 12.1 Å². The zero-order valence-corrected chi connectivity index (χ0v) is 12.1. The van der Waals surface area contributed by atoms with Crippen molar-refractivity contribution in [2.75, 3.05) is 7.11 Å². The van der Waals surface area contributed by atoms with E-state index < -0.39 is 23.8 Å². The van der Waals surface area contributed by atoms with Crippen molar-refractivity contribution in [3.63, 3.8) is 0 Å². The zero-order chi connectivity index (χ0) is 17.0. The van der Waals surface area contributed by atoms with Crippen LogP contribution < -0.4 is 0 Å². The van der Waals surface area contributed by atoms with E-state index in [4.69, 9.17) is 0 Å². The molecule has 1 N–H and O–H groups in total. The van der Waals surface area contributed by atoms with Gasteiger partial charge in [0.25, 0.3) is 5.82 Å². The first-order valence-corrected chi connectivity index (χ1v) is 6.61. The molecule has 0 spiro atoms. The fourth-order valence-electron chi connectivity index (χ4n) is 1.95. The Morgan fingerprint density at radius 3 is 2.57 bits per heavy atom. The molecule has 1 aromatic carbocycles. The van der Waals surface area contributed by atoms with Gasteiger partial charge in [-0.15, -0.1) is 5.10 Å². The lowest BCUT2D eigenvalue weighted by atomic mass is 10.1. The van der Waals surface area contributed by atoms with E-state index in [0.29, 0.717) is 5.56 Å². The molecule has 0 fully saturated rings. The molecular weight excluding hydrogens is 315 g/mol. The number of carbonyl (C=O) groups excluding carboxylic acids is 1. The summed E-state index contributed by atoms with van der Waals surface area (Å²) in [6.07, 6.45) is -3.87. The van der Waals surface area contributed by atoms with Gasteiger partial charge in [0.15, 0.2) is 0 Å². The number of carbonyl (C=O) groups is 1. The summed E-state index contributed by atoms with van der Waals surface area (Å²) in [6, 6.07) is 4.56. The van der Waals surface area contributed by atoms with Crippen LogP contribution in [0.4, 0.5) is 13.2 Å². The normalized spacial score (nSPS) is 12.9. The molecule has 0 amide bonds. The van der Waals surface area contributed by atoms with Crippen molar-refractivity contribution < 1.29 is 27.8 Å². The van der Waals surface area contributed by atoms with Crippen molar-refractivity contribution in [1.29, 1.82) is 0 Å². The lowest BCUT2D eigenvalue weighted by molar-refractivity contribution is -0.137. The summed E-state index contributed by atoms with van der Waals surface area (Å²) in [7, 11) is 1.20. The molecule has 124 valence electrons. The topological polar surface area (TPSA) is 77.2 Å². The lowest BCUT2D eigenvalue weighted by Crippen LogP contribution is -2.19. The fraction of sp³-hybridized carbons (Fsp3) is 0.357. The van der Waals surface area contributed by atoms with E-state index >= 15 is 0 Å². The summed E-state index contributed by atoms with van der Waals surface area (Å²) in [5, 5.41) is 13.8. The molecule has 2 rings (SSSR count). The number of ether oxygens (including phenoxy) is 1. The molecule has 0 aliphatic carbocycles. The Morgan fingerprint density at radius 1 is 1.35 bits per heavy atom. The van der Waals surface area contributed by atoms with E-state index in [1.807, 2.05) is 0 Å². The molecule has 1 unspecified atom stereocenters. The average Bonchev–Trinajstić information content (AvgIpc) is 2.94. The van der Waals surface area contributed by atoms with E-state index in [0.717, 1.165) is 12.1 Å². The van der Waals surface area contributed by atoms with E-state index in [-0.39, 0.29) is 18.8 Å². The van der Waals surface area contributed by atoms with Gasteiger partial charge < -0.3 is 9.84 Å². The molecule has 0 aliphatic rings. The quantitative estimate of drug-likeness (QED) is 0.845. The van der Waals surface area contributed by atoms with E-state index in [1.54, 1.807) is 0 Å². The number of rotatable bonds is 5. The maximum Gasteiger partial charge on any atom is 0.416 e. The molecule has 6 nitrogen and oxygen atoms in total. The van der Waals surface area contributed by atoms with Gasteiger partial charge in [0.1, 0.15) is 6.33 Å². The van der Waals surface area contributed by atoms with Gasteiger partial charge in [0.2, 0.25) is 0 Å². The number of aliphatic hydroxyl groups excluding tert-OH is 1. The second-order valence-corrected chi connectivity index (χ2v) is 4.83. The third kappa shape index (κ3) is 4.52. The monoisotopic (exact) mass is 329 g/mol. The van der Waals surface area contributed by atoms with Crippen LogP contribution in [0.2, 0.25) is 0 Å². The number of methoxy groups -OCH3 is 1. The van der Waals surface area contributed by atoms with Crippen molar-refractivity contribution in [1.82, 2.24) is 14.8 Å². The first-order chi connectivity index (χ1) is 10.8. The number of esters is 1. The number of aromatic nitrogens is 3. The van der Waals surface area contributed by atoms with Crippen LogP contribution in [-0.2, 0) is 23.9 Å². The highest BCUT2D eigenvalue weighted by Gasteiger charge is 2.29. The summed E-state index contributed by atoms with van der Waals surface area (Å²) in [6.45, 7) is 0.0466. The molecule has 23 heavy (non-hydrogen) atoms. The zero-order valence-electron chi connectivity index (χ0n) is 12.1. The number of benzene rings is 1. The highest BCUT2D eigenvalue weighted by molar-refractivity contribution is 5.84. The van der Waals surface area contributed by atoms with Gasteiger partial charge in [0, 0.05) is 6.42 Å². The Labute approximate surface area is 129 Å². The second kappa shape index (κ2) is 6.78. The maximum atomic E-state index is 12.5. The smallest absolute Gasteiger partial charge is 0.416 e. The number of nitrogens with zero attached hydrogens (tertiary/aromatic N) is 3. The van der Waals surface area contributed by atoms with Gasteiger partial charge in [-0.05, 0) is 17.7 Å². The number of hydrogen-bond donors (Lipinski definition) is 1. The predicted octanol–water partition coefficient (Wildman–Crippen LogP) is 1.69. The van der Waals surface area contributed by atoms with Gasteiger partial charge in [-0.25, -0.2) is 14.5 Å². The molecule has 0 bridgehead atoms. The Bertz CT molecular complexity index is 668. The fourth-order valence-corrected chi connectivity index (χ4v) is 1.95. The van der Waals surface area contributed by atoms with Crippen molar-refractivity contribution in [3.8, 4) is 0 Å². The molecule has 0 saturated carbocycles.